The number of aromatic nitrogens is 1. The van der Waals surface area contributed by atoms with Crippen LogP contribution in [0.1, 0.15) is 16.1 Å². The van der Waals surface area contributed by atoms with E-state index in [1.54, 1.807) is 5.32 Å². The molecule has 0 radical (unpaired) electrons. The maximum Gasteiger partial charge on any atom is 0.497 e. The Labute approximate surface area is 120 Å². The first-order chi connectivity index (χ1) is 9.86. The molecule has 12 heteroatoms. The van der Waals surface area contributed by atoms with Gasteiger partial charge in [0.05, 0.1) is 11.3 Å². The maximum absolute atomic E-state index is 12.6. The number of nitrogens with zero attached hydrogens (tertiary/aromatic N) is 1. The van der Waals surface area contributed by atoms with Crippen LogP contribution in [-0.2, 0) is 16.0 Å². The Morgan fingerprint density at radius 2 is 1.77 bits per heavy atom. The molecule has 0 aliphatic heterocycles. The van der Waals surface area contributed by atoms with Gasteiger partial charge in [0.1, 0.15) is 0 Å². The fraction of sp³-hybridized carbons (Fsp3) is 0.400. The van der Waals surface area contributed by atoms with Crippen LogP contribution in [0.25, 0.3) is 0 Å². The summed E-state index contributed by atoms with van der Waals surface area (Å²) in [6.45, 7) is -0.993. The smallest absolute Gasteiger partial charge is 0.351 e. The maximum atomic E-state index is 12.6. The molecule has 1 amide bonds. The highest BCUT2D eigenvalue weighted by Gasteiger charge is 2.45. The van der Waals surface area contributed by atoms with Gasteiger partial charge in [-0.2, -0.15) is 26.3 Å². The Balaban J connectivity index is 2.81. The van der Waals surface area contributed by atoms with E-state index < -0.39 is 51.0 Å². The molecule has 0 unspecified atom stereocenters. The highest BCUT2D eigenvalue weighted by Crippen LogP contribution is 2.30. The highest BCUT2D eigenvalue weighted by molar-refractivity contribution is 7.92. The minimum atomic E-state index is -5.50. The normalized spacial score (nSPS) is 13.0. The highest BCUT2D eigenvalue weighted by atomic mass is 32.2. The summed E-state index contributed by atoms with van der Waals surface area (Å²) in [6, 6.07) is 1.79. The van der Waals surface area contributed by atoms with Crippen LogP contribution in [0.4, 0.5) is 26.3 Å². The number of sulfone groups is 1. The summed E-state index contributed by atoms with van der Waals surface area (Å²) in [5, 5.41) is 1.68. The van der Waals surface area contributed by atoms with Crippen molar-refractivity contribution in [3.8, 4) is 0 Å². The van der Waals surface area contributed by atoms with E-state index in [0.29, 0.717) is 0 Å². The Kier molecular flexibility index (Phi) is 5.05. The first kappa shape index (κ1) is 18.2. The summed E-state index contributed by atoms with van der Waals surface area (Å²) in [4.78, 5) is 14.5. The summed E-state index contributed by atoms with van der Waals surface area (Å²) in [6.07, 6.45) is -4.15. The van der Waals surface area contributed by atoms with E-state index in [0.717, 1.165) is 18.3 Å². The van der Waals surface area contributed by atoms with Crippen LogP contribution in [0.2, 0.25) is 0 Å². The fourth-order valence-corrected chi connectivity index (χ4v) is 1.93. The number of carbonyl (C=O) groups is 1. The van der Waals surface area contributed by atoms with Gasteiger partial charge in [0, 0.05) is 12.7 Å². The fourth-order valence-electron chi connectivity index (χ4n) is 1.32. The minimum absolute atomic E-state index is 0.767. The van der Waals surface area contributed by atoms with Crippen LogP contribution in [0.15, 0.2) is 18.3 Å². The molecule has 0 saturated carbocycles. The van der Waals surface area contributed by atoms with Gasteiger partial charge in [-0.25, -0.2) is 8.42 Å². The predicted octanol–water partition coefficient (Wildman–Crippen LogP) is 1.76. The molecule has 124 valence electrons. The zero-order chi connectivity index (χ0) is 17.2. The van der Waals surface area contributed by atoms with Crippen LogP contribution in [0.3, 0.4) is 0 Å². The van der Waals surface area contributed by atoms with Crippen molar-refractivity contribution in [2.75, 3.05) is 12.3 Å². The van der Waals surface area contributed by atoms with Crippen molar-refractivity contribution >= 4 is 15.7 Å². The monoisotopic (exact) mass is 350 g/mol. The lowest BCUT2D eigenvalue weighted by Gasteiger charge is -2.12. The number of carbonyl (C=O) groups excluding carboxylic acids is 1. The summed E-state index contributed by atoms with van der Waals surface area (Å²) in [5.41, 5.74) is -7.94. The third kappa shape index (κ3) is 4.32. The first-order valence-electron chi connectivity index (χ1n) is 5.45. The Morgan fingerprint density at radius 3 is 2.27 bits per heavy atom. The van der Waals surface area contributed by atoms with E-state index in [-0.39, 0.29) is 0 Å². The lowest BCUT2D eigenvalue weighted by atomic mass is 10.1. The topological polar surface area (TPSA) is 76.1 Å². The zero-order valence-electron chi connectivity index (χ0n) is 10.5. The quantitative estimate of drug-likeness (QED) is 0.840. The van der Waals surface area contributed by atoms with Crippen LogP contribution in [0, 0.1) is 0 Å². The molecular formula is C10H8F6N2O3S. The van der Waals surface area contributed by atoms with Gasteiger partial charge in [0.2, 0.25) is 9.84 Å². The molecule has 0 spiro atoms. The molecule has 1 aromatic heterocycles. The van der Waals surface area contributed by atoms with E-state index in [2.05, 4.69) is 4.98 Å². The molecule has 0 aromatic carbocycles. The van der Waals surface area contributed by atoms with Crippen molar-refractivity contribution < 1.29 is 39.6 Å². The van der Waals surface area contributed by atoms with Crippen LogP contribution in [-0.4, -0.2) is 37.1 Å². The van der Waals surface area contributed by atoms with Crippen molar-refractivity contribution in [1.29, 1.82) is 0 Å². The van der Waals surface area contributed by atoms with Crippen molar-refractivity contribution in [2.24, 2.45) is 0 Å². The van der Waals surface area contributed by atoms with Crippen LogP contribution < -0.4 is 5.32 Å². The third-order valence-corrected chi connectivity index (χ3v) is 3.78. The van der Waals surface area contributed by atoms with Crippen LogP contribution >= 0.6 is 0 Å². The number of halogens is 6. The number of amides is 1. The molecule has 5 nitrogen and oxygen atoms in total. The summed E-state index contributed by atoms with van der Waals surface area (Å²) in [7, 11) is -5.47. The molecule has 0 saturated heterocycles. The Bertz CT molecular complexity index is 653. The van der Waals surface area contributed by atoms with E-state index >= 15 is 0 Å². The number of hydrogen-bond acceptors (Lipinski definition) is 4. The second-order valence-electron chi connectivity index (χ2n) is 3.92. The van der Waals surface area contributed by atoms with E-state index in [1.807, 2.05) is 0 Å². The second-order valence-corrected chi connectivity index (χ2v) is 6.02. The summed E-state index contributed by atoms with van der Waals surface area (Å²) in [5.74, 6) is -2.86. The average Bonchev–Trinajstić information content (AvgIpc) is 2.36. The molecular weight excluding hydrogens is 342 g/mol. The largest absolute Gasteiger partial charge is 0.497 e. The van der Waals surface area contributed by atoms with E-state index in [9.17, 15) is 39.6 Å². The average molecular weight is 350 g/mol. The van der Waals surface area contributed by atoms with Gasteiger partial charge in [-0.05, 0) is 12.1 Å². The van der Waals surface area contributed by atoms with E-state index in [4.69, 9.17) is 0 Å². The Hall–Kier alpha value is -1.85. The summed E-state index contributed by atoms with van der Waals surface area (Å²) < 4.78 is 95.3. The van der Waals surface area contributed by atoms with Gasteiger partial charge in [0.15, 0.2) is 5.69 Å². The van der Waals surface area contributed by atoms with Crippen molar-refractivity contribution in [3.63, 3.8) is 0 Å². The molecule has 1 aromatic rings. The molecule has 0 aliphatic rings. The molecule has 0 fully saturated rings. The number of nitrogens with one attached hydrogen (secondary N) is 1. The molecule has 0 bridgehead atoms. The van der Waals surface area contributed by atoms with Gasteiger partial charge < -0.3 is 5.32 Å². The van der Waals surface area contributed by atoms with Crippen molar-refractivity contribution in [2.45, 2.75) is 11.7 Å². The van der Waals surface area contributed by atoms with Gasteiger partial charge >= 0.3 is 11.7 Å². The summed E-state index contributed by atoms with van der Waals surface area (Å²) >= 11 is 0. The molecule has 22 heavy (non-hydrogen) atoms. The number of hydrogen-bond donors (Lipinski definition) is 1. The third-order valence-electron chi connectivity index (χ3n) is 2.33. The van der Waals surface area contributed by atoms with Gasteiger partial charge in [-0.15, -0.1) is 0 Å². The molecule has 1 heterocycles. The standard InChI is InChI=1S/C10H8F6N2O3S/c11-9(12,13)7-6(2-1-3-17-7)8(19)18-4-5-22(20,21)10(14,15)16/h1-3H,4-5H2,(H,18,19). The number of pyridine rings is 1. The molecule has 0 atom stereocenters. The Morgan fingerprint density at radius 1 is 1.18 bits per heavy atom. The number of alkyl halides is 6. The predicted molar refractivity (Wildman–Crippen MR) is 61.4 cm³/mol. The van der Waals surface area contributed by atoms with Crippen molar-refractivity contribution in [1.82, 2.24) is 10.3 Å². The second kappa shape index (κ2) is 6.10. The van der Waals surface area contributed by atoms with E-state index in [1.165, 1.54) is 0 Å². The van der Waals surface area contributed by atoms with Crippen molar-refractivity contribution in [3.05, 3.63) is 29.6 Å². The SMILES string of the molecule is O=C(NCCS(=O)(=O)C(F)(F)F)c1cccnc1C(F)(F)F. The van der Waals surface area contributed by atoms with Gasteiger partial charge in [-0.1, -0.05) is 0 Å². The molecule has 1 rings (SSSR count). The van der Waals surface area contributed by atoms with Crippen LogP contribution in [0.5, 0.6) is 0 Å². The molecule has 0 aliphatic carbocycles. The minimum Gasteiger partial charge on any atom is -0.351 e. The molecule has 1 N–H and O–H groups in total. The lowest BCUT2D eigenvalue weighted by Crippen LogP contribution is -2.35. The lowest BCUT2D eigenvalue weighted by molar-refractivity contribution is -0.141. The van der Waals surface area contributed by atoms with Gasteiger partial charge in [-0.3, -0.25) is 9.78 Å². The number of rotatable bonds is 4. The van der Waals surface area contributed by atoms with Gasteiger partial charge in [0.25, 0.3) is 5.91 Å². The first-order valence-corrected chi connectivity index (χ1v) is 7.11. The zero-order valence-corrected chi connectivity index (χ0v) is 11.3.